The molecule has 10 heteroatoms. The van der Waals surface area contributed by atoms with E-state index in [4.69, 9.17) is 14.2 Å². The average molecular weight is 575 g/mol. The van der Waals surface area contributed by atoms with Crippen LogP contribution in [0.3, 0.4) is 0 Å². The largest absolute Gasteiger partial charge is 0.507 e. The molecular formula is C31H27FN2O6S. The number of ether oxygens (including phenoxy) is 3. The molecule has 1 saturated heterocycles. The van der Waals surface area contributed by atoms with Crippen LogP contribution in [-0.4, -0.2) is 41.6 Å². The topological polar surface area (TPSA) is 98.2 Å². The number of Topliss-reactive ketones (excluding diaryl/α,β-unsaturated/α-hetero) is 1. The Morgan fingerprint density at radius 3 is 2.61 bits per heavy atom. The lowest BCUT2D eigenvalue weighted by Gasteiger charge is -2.23. The maximum absolute atomic E-state index is 13.9. The van der Waals surface area contributed by atoms with Crippen LogP contribution in [0.5, 0.6) is 17.2 Å². The zero-order valence-electron chi connectivity index (χ0n) is 22.3. The highest BCUT2D eigenvalue weighted by Crippen LogP contribution is 2.45. The summed E-state index contributed by atoms with van der Waals surface area (Å²) < 4.78 is 31.5. The van der Waals surface area contributed by atoms with Crippen LogP contribution in [0.2, 0.25) is 0 Å². The molecule has 1 amide bonds. The number of amides is 1. The summed E-state index contributed by atoms with van der Waals surface area (Å²) in [5, 5.41) is 11.7. The van der Waals surface area contributed by atoms with E-state index in [1.54, 1.807) is 42.5 Å². The number of halogens is 1. The highest BCUT2D eigenvalue weighted by atomic mass is 32.1. The Morgan fingerprint density at radius 1 is 1.05 bits per heavy atom. The van der Waals surface area contributed by atoms with E-state index < -0.39 is 23.5 Å². The molecular weight excluding hydrogens is 547 g/mol. The molecule has 6 rings (SSSR count). The first-order chi connectivity index (χ1) is 19.9. The SMILES string of the molecule is CCCCCOc1ccc(C2C(=C(O)c3ccc4c(c3)OCCO4)C(=O)C(=O)N2c2nc3ccc(F)cc3s2)cc1. The third-order valence-electron chi connectivity index (χ3n) is 7.02. The van der Waals surface area contributed by atoms with E-state index in [1.807, 2.05) is 0 Å². The Morgan fingerprint density at radius 2 is 1.83 bits per heavy atom. The fourth-order valence-corrected chi connectivity index (χ4v) is 5.99. The summed E-state index contributed by atoms with van der Waals surface area (Å²) in [5.74, 6) is -0.852. The summed E-state index contributed by atoms with van der Waals surface area (Å²) in [5.41, 5.74) is 1.29. The Hall–Kier alpha value is -4.44. The van der Waals surface area contributed by atoms with Crippen LogP contribution in [0.1, 0.15) is 43.4 Å². The van der Waals surface area contributed by atoms with Crippen LogP contribution < -0.4 is 19.1 Å². The lowest BCUT2D eigenvalue weighted by Crippen LogP contribution is -2.29. The fraction of sp³-hybridized carbons (Fsp3) is 0.258. The predicted octanol–water partition coefficient (Wildman–Crippen LogP) is 6.40. The number of ketones is 1. The van der Waals surface area contributed by atoms with E-state index in [-0.39, 0.29) is 16.5 Å². The molecule has 1 unspecified atom stereocenters. The van der Waals surface area contributed by atoms with Crippen molar-refractivity contribution in [2.24, 2.45) is 0 Å². The molecule has 8 nitrogen and oxygen atoms in total. The Labute approximate surface area is 239 Å². The number of thiazole rings is 1. The van der Waals surface area contributed by atoms with Gasteiger partial charge in [-0.1, -0.05) is 43.2 Å². The van der Waals surface area contributed by atoms with Gasteiger partial charge in [-0.15, -0.1) is 0 Å². The molecule has 0 saturated carbocycles. The quantitative estimate of drug-likeness (QED) is 0.113. The first kappa shape index (κ1) is 26.8. The smallest absolute Gasteiger partial charge is 0.301 e. The minimum Gasteiger partial charge on any atom is -0.507 e. The number of nitrogens with zero attached hydrogens (tertiary/aromatic N) is 2. The van der Waals surface area contributed by atoms with Gasteiger partial charge in [0.1, 0.15) is 30.5 Å². The maximum atomic E-state index is 13.9. The lowest BCUT2D eigenvalue weighted by atomic mass is 9.95. The standard InChI is InChI=1S/C31H27FN2O6S/c1-2-3-4-13-38-21-9-5-18(6-10-21)27-26(28(35)19-7-12-23-24(16-19)40-15-14-39-23)29(36)30(37)34(27)31-33-22-11-8-20(32)17-25(22)41-31/h5-12,16-17,27,35H,2-4,13-15H2,1H3. The van der Waals surface area contributed by atoms with Crippen molar-refractivity contribution in [1.29, 1.82) is 0 Å². The minimum absolute atomic E-state index is 0.0891. The number of rotatable bonds is 8. The molecule has 0 aliphatic carbocycles. The molecule has 3 heterocycles. The van der Waals surface area contributed by atoms with Crippen LogP contribution in [0.25, 0.3) is 16.0 Å². The summed E-state index contributed by atoms with van der Waals surface area (Å²) in [4.78, 5) is 32.9. The van der Waals surface area contributed by atoms with Gasteiger partial charge in [-0.25, -0.2) is 9.37 Å². The number of anilines is 1. The van der Waals surface area contributed by atoms with Gasteiger partial charge >= 0.3 is 5.91 Å². The van der Waals surface area contributed by atoms with E-state index in [0.717, 1.165) is 30.6 Å². The summed E-state index contributed by atoms with van der Waals surface area (Å²) in [6.45, 7) is 3.47. The molecule has 0 spiro atoms. The van der Waals surface area contributed by atoms with Crippen molar-refractivity contribution < 1.29 is 33.3 Å². The first-order valence-electron chi connectivity index (χ1n) is 13.4. The molecule has 2 aliphatic rings. The average Bonchev–Trinajstić information content (AvgIpc) is 3.52. The summed E-state index contributed by atoms with van der Waals surface area (Å²) in [7, 11) is 0. The normalized spacial score (nSPS) is 17.8. The number of carbonyl (C=O) groups is 2. The summed E-state index contributed by atoms with van der Waals surface area (Å²) in [6.07, 6.45) is 3.09. The van der Waals surface area contributed by atoms with Crippen LogP contribution in [0.4, 0.5) is 9.52 Å². The van der Waals surface area contributed by atoms with Crippen LogP contribution in [0.15, 0.2) is 66.2 Å². The van der Waals surface area contributed by atoms with Gasteiger partial charge in [0.25, 0.3) is 5.78 Å². The van der Waals surface area contributed by atoms with Crippen molar-refractivity contribution in [2.45, 2.75) is 32.2 Å². The highest BCUT2D eigenvalue weighted by Gasteiger charge is 2.48. The third-order valence-corrected chi connectivity index (χ3v) is 8.04. The number of aromatic nitrogens is 1. The number of aliphatic hydroxyl groups excluding tert-OH is 1. The van der Waals surface area contributed by atoms with Crippen LogP contribution in [0, 0.1) is 5.82 Å². The second kappa shape index (κ2) is 11.2. The second-order valence-corrected chi connectivity index (χ2v) is 10.8. The highest BCUT2D eigenvalue weighted by molar-refractivity contribution is 7.22. The zero-order valence-corrected chi connectivity index (χ0v) is 23.1. The molecule has 2 aliphatic heterocycles. The van der Waals surface area contributed by atoms with Crippen molar-refractivity contribution in [3.63, 3.8) is 0 Å². The number of hydrogen-bond acceptors (Lipinski definition) is 8. The summed E-state index contributed by atoms with van der Waals surface area (Å²) in [6, 6.07) is 15.1. The van der Waals surface area contributed by atoms with Crippen molar-refractivity contribution in [3.8, 4) is 17.2 Å². The maximum Gasteiger partial charge on any atom is 0.301 e. The Bertz CT molecular complexity index is 1670. The van der Waals surface area contributed by atoms with Crippen LogP contribution in [-0.2, 0) is 9.59 Å². The van der Waals surface area contributed by atoms with E-state index in [0.29, 0.717) is 58.4 Å². The first-order valence-corrected chi connectivity index (χ1v) is 14.3. The van der Waals surface area contributed by atoms with Gasteiger partial charge in [0.15, 0.2) is 16.6 Å². The van der Waals surface area contributed by atoms with Crippen molar-refractivity contribution in [1.82, 2.24) is 4.98 Å². The Balaban J connectivity index is 1.44. The molecule has 210 valence electrons. The lowest BCUT2D eigenvalue weighted by molar-refractivity contribution is -0.132. The molecule has 0 bridgehead atoms. The van der Waals surface area contributed by atoms with E-state index in [2.05, 4.69) is 11.9 Å². The third kappa shape index (κ3) is 5.11. The van der Waals surface area contributed by atoms with Crippen molar-refractivity contribution in [3.05, 3.63) is 83.2 Å². The van der Waals surface area contributed by atoms with Gasteiger partial charge in [-0.2, -0.15) is 0 Å². The molecule has 41 heavy (non-hydrogen) atoms. The van der Waals surface area contributed by atoms with Gasteiger partial charge in [0.2, 0.25) is 0 Å². The van der Waals surface area contributed by atoms with E-state index in [9.17, 15) is 19.1 Å². The van der Waals surface area contributed by atoms with Crippen molar-refractivity contribution in [2.75, 3.05) is 24.7 Å². The van der Waals surface area contributed by atoms with Crippen LogP contribution >= 0.6 is 11.3 Å². The molecule has 1 fully saturated rings. The zero-order chi connectivity index (χ0) is 28.5. The number of aliphatic hydroxyl groups is 1. The number of hydrogen-bond donors (Lipinski definition) is 1. The molecule has 0 radical (unpaired) electrons. The number of unbranched alkanes of at least 4 members (excludes halogenated alkanes) is 2. The number of fused-ring (bicyclic) bond motifs is 2. The summed E-state index contributed by atoms with van der Waals surface area (Å²) >= 11 is 1.10. The van der Waals surface area contributed by atoms with Gasteiger partial charge in [0, 0.05) is 5.56 Å². The van der Waals surface area contributed by atoms with Crippen molar-refractivity contribution >= 4 is 44.1 Å². The predicted molar refractivity (Wildman–Crippen MR) is 153 cm³/mol. The fourth-order valence-electron chi connectivity index (χ4n) is 4.97. The van der Waals surface area contributed by atoms with Gasteiger partial charge in [0.05, 0.1) is 28.4 Å². The molecule has 1 aromatic heterocycles. The molecule has 1 N–H and O–H groups in total. The van der Waals surface area contributed by atoms with E-state index >= 15 is 0 Å². The van der Waals surface area contributed by atoms with E-state index in [1.165, 1.54) is 23.1 Å². The van der Waals surface area contributed by atoms with Gasteiger partial charge < -0.3 is 19.3 Å². The monoisotopic (exact) mass is 574 g/mol. The Kier molecular flexibility index (Phi) is 7.32. The van der Waals surface area contributed by atoms with Gasteiger partial charge in [-0.05, 0) is 60.5 Å². The number of benzene rings is 3. The molecule has 1 atom stereocenters. The number of carbonyl (C=O) groups excluding carboxylic acids is 2. The molecule has 4 aromatic rings. The molecule has 3 aromatic carbocycles. The second-order valence-electron chi connectivity index (χ2n) is 9.76. The van der Waals surface area contributed by atoms with Gasteiger partial charge in [-0.3, -0.25) is 14.5 Å². The minimum atomic E-state index is -0.984.